The lowest BCUT2D eigenvalue weighted by Crippen LogP contribution is -2.51. The Morgan fingerprint density at radius 1 is 0.685 bits per heavy atom. The molecule has 0 saturated heterocycles. The van der Waals surface area contributed by atoms with Gasteiger partial charge in [-0.05, 0) is 95.3 Å². The quantitative estimate of drug-likeness (QED) is 0.0653. The number of aliphatic imine (C=N–C) groups is 2. The van der Waals surface area contributed by atoms with Gasteiger partial charge in [-0.1, -0.05) is 62.4 Å². The Bertz CT molecular complexity index is 2870. The van der Waals surface area contributed by atoms with E-state index in [-0.39, 0.29) is 56.0 Å². The molecule has 0 unspecified atom stereocenters. The molecule has 0 aliphatic carbocycles. The average Bonchev–Trinajstić information content (AvgIpc) is 3.60. The van der Waals surface area contributed by atoms with E-state index in [0.29, 0.717) is 94.7 Å². The number of hydrogen-bond acceptors (Lipinski definition) is 12. The van der Waals surface area contributed by atoms with Gasteiger partial charge in [0.2, 0.25) is 11.8 Å². The first-order valence-corrected chi connectivity index (χ1v) is 24.3. The molecule has 0 bridgehead atoms. The van der Waals surface area contributed by atoms with Crippen molar-refractivity contribution in [3.63, 3.8) is 0 Å². The second-order valence-electron chi connectivity index (χ2n) is 18.9. The van der Waals surface area contributed by atoms with Gasteiger partial charge in [-0.15, -0.1) is 0 Å². The van der Waals surface area contributed by atoms with Gasteiger partial charge >= 0.3 is 6.03 Å². The minimum Gasteiger partial charge on any atom is -0.493 e. The summed E-state index contributed by atoms with van der Waals surface area (Å²) in [5.74, 6) is -0.243. The second kappa shape index (κ2) is 21.6. The number of methoxy groups -OCH3 is 2. The van der Waals surface area contributed by atoms with Gasteiger partial charge in [0.05, 0.1) is 54.8 Å². The van der Waals surface area contributed by atoms with Gasteiger partial charge in [0.25, 0.3) is 11.8 Å². The SMILES string of the molecule is COc1cc2c(cc1OCc1cc(COc3cc4c(cc3OC)C(=O)N3Cc5ccccc5C[C@H]3C=N4)cc(NC(=O)[C@H](CCCNC(N)=O)NC(=O)[C@@H](N)C(C)C)c1)N=C[C@@H]1Cc3ccccc3CN1C2=O. The lowest BCUT2D eigenvalue weighted by molar-refractivity contribution is -0.128. The molecule has 0 aromatic heterocycles. The standard InChI is InChI=1S/C55H59N9O9/c1-31(2)50(56)52(66)62-43(14-9-15-58-55(57)69)51(65)61-38-17-32(29-72-48-23-44-41(21-46(48)70-3)53(67)63-27-36-12-7-5-10-34(36)19-39(63)25-59-44)16-33(18-38)30-73-49-24-45-42(22-47(49)71-4)54(68)64-28-37-13-8-6-11-35(37)20-40(64)26-60-45/h5-8,10-13,16-18,21-26,31,39-40,43,50H,9,14-15,19-20,27-30,56H2,1-4H3,(H,61,65)(H,62,66)(H3,57,58,69)/t39-,40-,43-,50-/m0/s1. The van der Waals surface area contributed by atoms with Crippen molar-refractivity contribution >= 4 is 59.2 Å². The monoisotopic (exact) mass is 989 g/mol. The van der Waals surface area contributed by atoms with E-state index in [1.54, 1.807) is 50.2 Å². The van der Waals surface area contributed by atoms with Crippen LogP contribution < -0.4 is 46.4 Å². The van der Waals surface area contributed by atoms with Crippen molar-refractivity contribution in [3.8, 4) is 23.0 Å². The third kappa shape index (κ3) is 11.0. The molecular formula is C55H59N9O9. The minimum atomic E-state index is -1.03. The van der Waals surface area contributed by atoms with E-state index >= 15 is 0 Å². The molecule has 4 aliphatic heterocycles. The van der Waals surface area contributed by atoms with E-state index in [1.807, 2.05) is 64.7 Å². The summed E-state index contributed by atoms with van der Waals surface area (Å²) in [7, 11) is 3.00. The van der Waals surface area contributed by atoms with Crippen LogP contribution in [0.25, 0.3) is 0 Å². The largest absolute Gasteiger partial charge is 0.493 e. The Hall–Kier alpha value is -8.25. The topological polar surface area (TPSA) is 242 Å². The van der Waals surface area contributed by atoms with Crippen LogP contribution in [0.1, 0.15) is 80.8 Å². The van der Waals surface area contributed by atoms with Gasteiger partial charge in [0.1, 0.15) is 19.3 Å². The van der Waals surface area contributed by atoms with Crippen LogP contribution >= 0.6 is 0 Å². The molecule has 5 aromatic rings. The van der Waals surface area contributed by atoms with Crippen LogP contribution in [0.4, 0.5) is 21.9 Å². The number of amides is 6. The van der Waals surface area contributed by atoms with Gasteiger partial charge < -0.3 is 56.2 Å². The molecule has 9 rings (SSSR count). The molecule has 7 N–H and O–H groups in total. The van der Waals surface area contributed by atoms with Crippen LogP contribution in [0.15, 0.2) is 101 Å². The maximum Gasteiger partial charge on any atom is 0.312 e. The summed E-state index contributed by atoms with van der Waals surface area (Å²) >= 11 is 0. The number of urea groups is 1. The number of nitrogens with zero attached hydrogens (tertiary/aromatic N) is 4. The molecule has 4 aliphatic rings. The van der Waals surface area contributed by atoms with E-state index in [0.717, 1.165) is 11.1 Å². The van der Waals surface area contributed by atoms with Crippen LogP contribution in [0.3, 0.4) is 0 Å². The zero-order chi connectivity index (χ0) is 51.3. The van der Waals surface area contributed by atoms with Crippen LogP contribution in [0, 0.1) is 5.92 Å². The van der Waals surface area contributed by atoms with E-state index < -0.39 is 29.9 Å². The van der Waals surface area contributed by atoms with Gasteiger partial charge in [-0.3, -0.25) is 29.2 Å². The summed E-state index contributed by atoms with van der Waals surface area (Å²) < 4.78 is 24.5. The van der Waals surface area contributed by atoms with E-state index in [4.69, 9.17) is 40.4 Å². The zero-order valence-corrected chi connectivity index (χ0v) is 41.2. The predicted molar refractivity (Wildman–Crippen MR) is 275 cm³/mol. The van der Waals surface area contributed by atoms with Crippen LogP contribution in [-0.2, 0) is 48.7 Å². The number of nitrogens with two attached hydrogens (primary N) is 2. The van der Waals surface area contributed by atoms with Crippen molar-refractivity contribution in [2.45, 2.75) is 90.0 Å². The minimum absolute atomic E-state index is 0.0315. The van der Waals surface area contributed by atoms with Crippen molar-refractivity contribution < 1.29 is 42.9 Å². The van der Waals surface area contributed by atoms with E-state index in [1.165, 1.54) is 25.3 Å². The summed E-state index contributed by atoms with van der Waals surface area (Å²) in [6.45, 7) is 4.64. The van der Waals surface area contributed by atoms with E-state index in [2.05, 4.69) is 28.1 Å². The van der Waals surface area contributed by atoms with Gasteiger partial charge in [-0.2, -0.15) is 0 Å². The lowest BCUT2D eigenvalue weighted by Gasteiger charge is -2.34. The van der Waals surface area contributed by atoms with Gasteiger partial charge in [0.15, 0.2) is 23.0 Å². The smallest absolute Gasteiger partial charge is 0.312 e. The van der Waals surface area contributed by atoms with E-state index in [9.17, 15) is 24.0 Å². The molecule has 18 heteroatoms. The summed E-state index contributed by atoms with van der Waals surface area (Å²) in [5.41, 5.74) is 19.2. The molecule has 18 nitrogen and oxygen atoms in total. The highest BCUT2D eigenvalue weighted by Crippen LogP contribution is 2.41. The number of ether oxygens (including phenoxy) is 4. The van der Waals surface area contributed by atoms with Crippen LogP contribution in [-0.4, -0.2) is 96.8 Å². The molecule has 4 heterocycles. The number of carbonyl (C=O) groups excluding carboxylic acids is 5. The number of fused-ring (bicyclic) bond motifs is 6. The number of primary amides is 1. The van der Waals surface area contributed by atoms with Crippen molar-refractivity contribution in [1.29, 1.82) is 0 Å². The molecule has 0 radical (unpaired) electrons. The van der Waals surface area contributed by atoms with Gasteiger partial charge in [0, 0.05) is 49.9 Å². The molecule has 0 saturated carbocycles. The third-order valence-corrected chi connectivity index (χ3v) is 13.6. The highest BCUT2D eigenvalue weighted by atomic mass is 16.5. The molecule has 4 atom stereocenters. The third-order valence-electron chi connectivity index (χ3n) is 13.6. The highest BCUT2D eigenvalue weighted by molar-refractivity contribution is 6.04. The molecule has 6 amide bonds. The molecule has 0 fully saturated rings. The Balaban J connectivity index is 0.994. The number of benzene rings is 5. The number of anilines is 1. The number of rotatable bonds is 17. The first kappa shape index (κ1) is 49.7. The summed E-state index contributed by atoms with van der Waals surface area (Å²) in [4.78, 5) is 80.1. The zero-order valence-electron chi connectivity index (χ0n) is 41.2. The maximum atomic E-state index is 14.2. The fourth-order valence-electron chi connectivity index (χ4n) is 9.56. The fraction of sp³-hybridized carbons (Fsp3) is 0.327. The average molecular weight is 990 g/mol. The van der Waals surface area contributed by atoms with Crippen molar-refractivity contribution in [2.75, 3.05) is 26.1 Å². The molecule has 0 spiro atoms. The first-order valence-electron chi connectivity index (χ1n) is 24.3. The molecular weight excluding hydrogens is 931 g/mol. The summed E-state index contributed by atoms with van der Waals surface area (Å²) in [6.07, 6.45) is 5.38. The predicted octanol–water partition coefficient (Wildman–Crippen LogP) is 6.28. The van der Waals surface area contributed by atoms with Crippen molar-refractivity contribution in [1.82, 2.24) is 20.4 Å². The maximum absolute atomic E-state index is 14.2. The molecule has 73 heavy (non-hydrogen) atoms. The fourth-order valence-corrected chi connectivity index (χ4v) is 9.56. The number of nitrogens with one attached hydrogen (secondary N) is 3. The van der Waals surface area contributed by atoms with Crippen LogP contribution in [0.5, 0.6) is 23.0 Å². The van der Waals surface area contributed by atoms with Crippen LogP contribution in [0.2, 0.25) is 0 Å². The number of hydrogen-bond donors (Lipinski definition) is 5. The Morgan fingerprint density at radius 3 is 1.64 bits per heavy atom. The summed E-state index contributed by atoms with van der Waals surface area (Å²) in [5, 5.41) is 8.27. The lowest BCUT2D eigenvalue weighted by atomic mass is 9.94. The second-order valence-corrected chi connectivity index (χ2v) is 18.9. The van der Waals surface area contributed by atoms with Gasteiger partial charge in [-0.25, -0.2) is 4.79 Å². The highest BCUT2D eigenvalue weighted by Gasteiger charge is 2.35. The Morgan fingerprint density at radius 2 is 1.18 bits per heavy atom. The van der Waals surface area contributed by atoms with Crippen molar-refractivity contribution in [2.24, 2.45) is 27.4 Å². The van der Waals surface area contributed by atoms with Crippen molar-refractivity contribution in [3.05, 3.63) is 136 Å². The Kier molecular flexibility index (Phi) is 14.7. The first-order chi connectivity index (χ1) is 35.3. The Labute approximate surface area is 423 Å². The molecule has 378 valence electrons. The normalized spacial score (nSPS) is 17.0. The summed E-state index contributed by atoms with van der Waals surface area (Å²) in [6, 6.07) is 25.1. The molecule has 5 aromatic carbocycles. The number of carbonyl (C=O) groups is 5.